The fraction of sp³-hybridized carbons (Fsp3) is 0.571. The molecular weight excluding hydrogens is 246 g/mol. The van der Waals surface area contributed by atoms with E-state index in [1.165, 1.54) is 12.8 Å². The first-order valence-electron chi connectivity index (χ1n) is 6.53. The highest BCUT2D eigenvalue weighted by Crippen LogP contribution is 2.52. The van der Waals surface area contributed by atoms with Gasteiger partial charge in [-0.1, -0.05) is 6.07 Å². The second kappa shape index (κ2) is 5.31. The van der Waals surface area contributed by atoms with Crippen molar-refractivity contribution < 1.29 is 9.53 Å². The highest BCUT2D eigenvalue weighted by Gasteiger charge is 2.48. The minimum absolute atomic E-state index is 0.0293. The largest absolute Gasteiger partial charge is 0.465 e. The Hall–Kier alpha value is -1.03. The average Bonchev–Trinajstić information content (AvgIpc) is 2.95. The van der Waals surface area contributed by atoms with Crippen LogP contribution in [0.5, 0.6) is 0 Å². The molecule has 18 heavy (non-hydrogen) atoms. The Kier molecular flexibility index (Phi) is 3.55. The molecule has 3 fully saturated rings. The summed E-state index contributed by atoms with van der Waals surface area (Å²) in [6.07, 6.45) is 5.35. The molecule has 2 bridgehead atoms. The van der Waals surface area contributed by atoms with Crippen LogP contribution >= 0.6 is 11.8 Å². The maximum atomic E-state index is 11.8. The van der Waals surface area contributed by atoms with E-state index >= 15 is 0 Å². The first-order valence-corrected chi connectivity index (χ1v) is 7.52. The number of fused-ring (bicyclic) bond motifs is 1. The minimum atomic E-state index is 0.0293. The van der Waals surface area contributed by atoms with Crippen molar-refractivity contribution >= 4 is 17.7 Å². The third-order valence-electron chi connectivity index (χ3n) is 3.95. The van der Waals surface area contributed by atoms with Gasteiger partial charge in [-0.05, 0) is 43.2 Å². The molecule has 0 spiro atoms. The third-order valence-corrected chi connectivity index (χ3v) is 4.85. The maximum Gasteiger partial charge on any atom is 0.309 e. The molecule has 4 rings (SSSR count). The Morgan fingerprint density at radius 3 is 2.94 bits per heavy atom. The molecule has 0 saturated heterocycles. The van der Waals surface area contributed by atoms with Crippen LogP contribution in [0.25, 0.3) is 0 Å². The quantitative estimate of drug-likeness (QED) is 0.465. The van der Waals surface area contributed by atoms with Gasteiger partial charge in [-0.15, -0.1) is 11.8 Å². The number of nitrogens with zero attached hydrogens (tertiary/aromatic N) is 1. The standard InChI is InChI=1S/C14H17NO2S/c16-14(12-9-10-7-11(12)8-10)17-5-6-18-13-3-1-2-4-15-13/h1-4,10-12H,5-9H2. The lowest BCUT2D eigenvalue weighted by atomic mass is 9.82. The first-order chi connectivity index (χ1) is 8.83. The smallest absolute Gasteiger partial charge is 0.309 e. The summed E-state index contributed by atoms with van der Waals surface area (Å²) >= 11 is 1.63. The molecule has 0 aliphatic heterocycles. The number of carbonyl (C=O) groups is 1. The van der Waals surface area contributed by atoms with E-state index < -0.39 is 0 Å². The zero-order valence-electron chi connectivity index (χ0n) is 10.2. The minimum Gasteiger partial charge on any atom is -0.465 e. The fourth-order valence-electron chi connectivity index (χ4n) is 2.98. The van der Waals surface area contributed by atoms with E-state index in [4.69, 9.17) is 4.74 Å². The monoisotopic (exact) mass is 263 g/mol. The molecule has 4 heteroatoms. The van der Waals surface area contributed by atoms with Crippen LogP contribution in [0.2, 0.25) is 0 Å². The molecule has 3 aliphatic rings. The van der Waals surface area contributed by atoms with Crippen molar-refractivity contribution in [1.29, 1.82) is 0 Å². The second-order valence-electron chi connectivity index (χ2n) is 5.12. The molecule has 1 unspecified atom stereocenters. The van der Waals surface area contributed by atoms with Gasteiger partial charge in [-0.25, -0.2) is 4.98 Å². The molecule has 1 aromatic heterocycles. The van der Waals surface area contributed by atoms with E-state index in [0.29, 0.717) is 12.5 Å². The summed E-state index contributed by atoms with van der Waals surface area (Å²) in [6.45, 7) is 0.494. The van der Waals surface area contributed by atoms with Crippen LogP contribution in [-0.4, -0.2) is 23.3 Å². The lowest BCUT2D eigenvalue weighted by molar-refractivity contribution is -0.148. The molecule has 0 aromatic carbocycles. The van der Waals surface area contributed by atoms with Crippen molar-refractivity contribution in [2.24, 2.45) is 17.8 Å². The van der Waals surface area contributed by atoms with Crippen molar-refractivity contribution in [2.75, 3.05) is 12.4 Å². The van der Waals surface area contributed by atoms with E-state index in [0.717, 1.165) is 23.1 Å². The Morgan fingerprint density at radius 1 is 1.39 bits per heavy atom. The van der Waals surface area contributed by atoms with E-state index in [2.05, 4.69) is 4.98 Å². The van der Waals surface area contributed by atoms with Gasteiger partial charge < -0.3 is 4.74 Å². The van der Waals surface area contributed by atoms with Gasteiger partial charge >= 0.3 is 5.97 Å². The van der Waals surface area contributed by atoms with E-state index in [-0.39, 0.29) is 11.9 Å². The number of hydrogen-bond acceptors (Lipinski definition) is 4. The number of carbonyl (C=O) groups excluding carboxylic acids is 1. The van der Waals surface area contributed by atoms with Crippen LogP contribution in [-0.2, 0) is 9.53 Å². The third kappa shape index (κ3) is 2.53. The number of aromatic nitrogens is 1. The van der Waals surface area contributed by atoms with Crippen LogP contribution in [0.4, 0.5) is 0 Å². The van der Waals surface area contributed by atoms with Gasteiger partial charge in [-0.2, -0.15) is 0 Å². The SMILES string of the molecule is O=C(OCCSc1ccccn1)C1CC2CC1C2. The topological polar surface area (TPSA) is 39.2 Å². The molecule has 3 nitrogen and oxygen atoms in total. The summed E-state index contributed by atoms with van der Waals surface area (Å²) in [5.74, 6) is 2.46. The summed E-state index contributed by atoms with van der Waals surface area (Å²) in [6, 6.07) is 5.83. The fourth-order valence-corrected chi connectivity index (χ4v) is 3.66. The van der Waals surface area contributed by atoms with Gasteiger partial charge in [-0.3, -0.25) is 4.79 Å². The molecule has 96 valence electrons. The normalized spacial score (nSPS) is 28.8. The molecular formula is C14H17NO2S. The maximum absolute atomic E-state index is 11.8. The van der Waals surface area contributed by atoms with Crippen LogP contribution < -0.4 is 0 Å². The molecule has 1 heterocycles. The van der Waals surface area contributed by atoms with Crippen molar-refractivity contribution in [3.63, 3.8) is 0 Å². The number of hydrogen-bond donors (Lipinski definition) is 0. The van der Waals surface area contributed by atoms with Gasteiger partial charge in [0, 0.05) is 11.9 Å². The molecule has 0 amide bonds. The Balaban J connectivity index is 1.36. The van der Waals surface area contributed by atoms with Crippen LogP contribution in [0.15, 0.2) is 29.4 Å². The van der Waals surface area contributed by atoms with Crippen LogP contribution in [0.1, 0.15) is 19.3 Å². The molecule has 0 N–H and O–H groups in total. The second-order valence-corrected chi connectivity index (χ2v) is 6.24. The number of esters is 1. The zero-order valence-corrected chi connectivity index (χ0v) is 11.1. The van der Waals surface area contributed by atoms with Crippen molar-refractivity contribution in [1.82, 2.24) is 4.98 Å². The van der Waals surface area contributed by atoms with Crippen LogP contribution in [0.3, 0.4) is 0 Å². The lowest BCUT2D eigenvalue weighted by Crippen LogP contribution is -2.22. The van der Waals surface area contributed by atoms with Gasteiger partial charge in [0.25, 0.3) is 0 Å². The van der Waals surface area contributed by atoms with Gasteiger partial charge in [0.05, 0.1) is 10.9 Å². The Bertz CT molecular complexity index is 417. The highest BCUT2D eigenvalue weighted by atomic mass is 32.2. The average molecular weight is 263 g/mol. The van der Waals surface area contributed by atoms with Gasteiger partial charge in [0.1, 0.15) is 6.61 Å². The van der Waals surface area contributed by atoms with Gasteiger partial charge in [0.15, 0.2) is 0 Å². The van der Waals surface area contributed by atoms with Crippen molar-refractivity contribution in [3.05, 3.63) is 24.4 Å². The summed E-state index contributed by atoms with van der Waals surface area (Å²) in [4.78, 5) is 16.1. The number of rotatable bonds is 5. The predicted molar refractivity (Wildman–Crippen MR) is 70.2 cm³/mol. The van der Waals surface area contributed by atoms with Gasteiger partial charge in [0.2, 0.25) is 0 Å². The summed E-state index contributed by atoms with van der Waals surface area (Å²) < 4.78 is 5.36. The summed E-state index contributed by atoms with van der Waals surface area (Å²) in [5.41, 5.74) is 0. The molecule has 0 radical (unpaired) electrons. The molecule has 1 atom stereocenters. The summed E-state index contributed by atoms with van der Waals surface area (Å²) in [7, 11) is 0. The zero-order chi connectivity index (χ0) is 12.4. The number of thioether (sulfide) groups is 1. The number of pyridine rings is 1. The van der Waals surface area contributed by atoms with Crippen LogP contribution in [0, 0.1) is 17.8 Å². The van der Waals surface area contributed by atoms with E-state index in [1.54, 1.807) is 18.0 Å². The van der Waals surface area contributed by atoms with E-state index in [9.17, 15) is 4.79 Å². The first kappa shape index (κ1) is 12.0. The van der Waals surface area contributed by atoms with Crippen molar-refractivity contribution in [2.45, 2.75) is 24.3 Å². The predicted octanol–water partition coefficient (Wildman–Crippen LogP) is 2.76. The van der Waals surface area contributed by atoms with E-state index in [1.807, 2.05) is 18.2 Å². The molecule has 3 saturated carbocycles. The highest BCUT2D eigenvalue weighted by molar-refractivity contribution is 7.99. The summed E-state index contributed by atoms with van der Waals surface area (Å²) in [5, 5.41) is 0.983. The Labute approximate surface area is 111 Å². The molecule has 3 aliphatic carbocycles. The Morgan fingerprint density at radius 2 is 2.28 bits per heavy atom. The number of ether oxygens (including phenoxy) is 1. The van der Waals surface area contributed by atoms with Crippen molar-refractivity contribution in [3.8, 4) is 0 Å². The lowest BCUT2D eigenvalue weighted by Gasteiger charge is -2.23. The molecule has 1 aromatic rings.